The van der Waals surface area contributed by atoms with E-state index in [1.54, 1.807) is 34.6 Å². The number of esters is 1. The molecule has 8 heteroatoms. The average molecular weight is 439 g/mol. The summed E-state index contributed by atoms with van der Waals surface area (Å²) in [5, 5.41) is 7.21. The minimum atomic E-state index is -1.86. The molecule has 1 atom stereocenters. The van der Waals surface area contributed by atoms with E-state index in [0.29, 0.717) is 11.4 Å². The van der Waals surface area contributed by atoms with E-state index in [9.17, 15) is 9.59 Å². The Kier molecular flexibility index (Phi) is 6.49. The molecule has 1 heterocycles. The molecule has 1 amide bonds. The number of amides is 1. The third-order valence-corrected chi connectivity index (χ3v) is 4.78. The molecular weight excluding hydrogens is 408 g/mol. The van der Waals surface area contributed by atoms with Gasteiger partial charge in [-0.1, -0.05) is 30.0 Å². The third kappa shape index (κ3) is 5.05. The van der Waals surface area contributed by atoms with E-state index >= 15 is 0 Å². The number of nitrogens with zero attached hydrogens (tertiary/aromatic N) is 2. The smallest absolute Gasteiger partial charge is 0.409 e. The van der Waals surface area contributed by atoms with Crippen LogP contribution in [0, 0.1) is 24.7 Å². The number of alkyl carbamates (subject to hydrolysis) is 1. The van der Waals surface area contributed by atoms with Gasteiger partial charge in [-0.05, 0) is 59.6 Å². The van der Waals surface area contributed by atoms with Crippen LogP contribution in [-0.4, -0.2) is 34.1 Å². The second-order valence-corrected chi connectivity index (χ2v) is 8.73. The lowest BCUT2D eigenvalue weighted by Crippen LogP contribution is -2.53. The van der Waals surface area contributed by atoms with Crippen LogP contribution in [0.2, 0.25) is 0 Å². The van der Waals surface area contributed by atoms with Gasteiger partial charge in [-0.25, -0.2) is 14.3 Å². The van der Waals surface area contributed by atoms with Crippen molar-refractivity contribution >= 4 is 17.9 Å². The van der Waals surface area contributed by atoms with Gasteiger partial charge in [0.15, 0.2) is 0 Å². The lowest BCUT2D eigenvalue weighted by molar-refractivity contribution is -0.149. The number of aryl methyl sites for hydroxylation is 1. The van der Waals surface area contributed by atoms with E-state index in [2.05, 4.69) is 22.3 Å². The Morgan fingerprint density at radius 2 is 1.91 bits per heavy atom. The Hall–Kier alpha value is -3.47. The first kappa shape index (κ1) is 23.2. The standard InChI is InChI=1S/C24H30N4O4/c1-6-31-21(29)24(15-14-17-12-13-17,26-22(30)32-23(3,4)5)19-16(2)27-28(20(19)25)18-10-8-7-9-11-18/h7-11,17H,6,12-13,25H2,1-5H3,(H,26,30)/t24-/m0/s1. The molecule has 0 radical (unpaired) electrons. The van der Waals surface area contributed by atoms with Crippen LogP contribution >= 0.6 is 0 Å². The van der Waals surface area contributed by atoms with Crippen LogP contribution in [-0.2, 0) is 19.8 Å². The van der Waals surface area contributed by atoms with Crippen LogP contribution in [0.1, 0.15) is 51.8 Å². The molecule has 1 fully saturated rings. The molecule has 1 saturated carbocycles. The molecule has 0 bridgehead atoms. The number of para-hydroxylation sites is 1. The molecular formula is C24H30N4O4. The van der Waals surface area contributed by atoms with Gasteiger partial charge >= 0.3 is 12.1 Å². The van der Waals surface area contributed by atoms with Crippen molar-refractivity contribution in [3.05, 3.63) is 41.6 Å². The van der Waals surface area contributed by atoms with Gasteiger partial charge in [0.05, 0.1) is 23.6 Å². The molecule has 3 N–H and O–H groups in total. The maximum Gasteiger partial charge on any atom is 0.409 e. The van der Waals surface area contributed by atoms with Crippen LogP contribution in [0.25, 0.3) is 5.69 Å². The van der Waals surface area contributed by atoms with Gasteiger partial charge in [0.1, 0.15) is 11.4 Å². The summed E-state index contributed by atoms with van der Waals surface area (Å²) in [5.41, 5.74) is 5.31. The van der Waals surface area contributed by atoms with Crippen molar-refractivity contribution in [1.82, 2.24) is 15.1 Å². The van der Waals surface area contributed by atoms with Gasteiger partial charge < -0.3 is 15.2 Å². The lowest BCUT2D eigenvalue weighted by Gasteiger charge is -2.29. The SMILES string of the molecule is CCOC(=O)[C@@](C#CC1CC1)(NC(=O)OC(C)(C)C)c1c(C)nn(-c2ccccc2)c1N. The predicted molar refractivity (Wildman–Crippen MR) is 121 cm³/mol. The summed E-state index contributed by atoms with van der Waals surface area (Å²) in [6.07, 6.45) is 1.08. The van der Waals surface area contributed by atoms with Crippen molar-refractivity contribution < 1.29 is 19.1 Å². The number of anilines is 1. The highest BCUT2D eigenvalue weighted by Crippen LogP contribution is 2.34. The highest BCUT2D eigenvalue weighted by Gasteiger charge is 2.48. The molecule has 0 aliphatic heterocycles. The van der Waals surface area contributed by atoms with Crippen molar-refractivity contribution in [3.8, 4) is 17.5 Å². The Bertz CT molecular complexity index is 1060. The Labute approximate surface area is 188 Å². The summed E-state index contributed by atoms with van der Waals surface area (Å²) < 4.78 is 12.3. The summed E-state index contributed by atoms with van der Waals surface area (Å²) in [4.78, 5) is 26.2. The zero-order valence-electron chi connectivity index (χ0n) is 19.2. The zero-order valence-corrected chi connectivity index (χ0v) is 19.2. The first-order chi connectivity index (χ1) is 15.1. The average Bonchev–Trinajstić information content (AvgIpc) is 3.49. The summed E-state index contributed by atoms with van der Waals surface area (Å²) in [6.45, 7) is 8.72. The Balaban J connectivity index is 2.19. The highest BCUT2D eigenvalue weighted by atomic mass is 16.6. The molecule has 170 valence electrons. The number of hydrogen-bond acceptors (Lipinski definition) is 6. The van der Waals surface area contributed by atoms with E-state index in [1.807, 2.05) is 30.3 Å². The van der Waals surface area contributed by atoms with Gasteiger partial charge in [0.25, 0.3) is 0 Å². The number of nitrogens with one attached hydrogen (secondary N) is 1. The molecule has 0 spiro atoms. The second-order valence-electron chi connectivity index (χ2n) is 8.73. The van der Waals surface area contributed by atoms with E-state index in [-0.39, 0.29) is 23.9 Å². The molecule has 0 saturated heterocycles. The van der Waals surface area contributed by atoms with Crippen LogP contribution in [0.5, 0.6) is 0 Å². The van der Waals surface area contributed by atoms with Crippen LogP contribution in [0.15, 0.2) is 30.3 Å². The van der Waals surface area contributed by atoms with Gasteiger partial charge in [0.2, 0.25) is 5.54 Å². The number of nitrogen functional groups attached to an aromatic ring is 1. The minimum absolute atomic E-state index is 0.105. The molecule has 1 aliphatic rings. The molecule has 2 aromatic rings. The first-order valence-electron chi connectivity index (χ1n) is 10.7. The fourth-order valence-electron chi connectivity index (χ4n) is 3.27. The molecule has 32 heavy (non-hydrogen) atoms. The second kappa shape index (κ2) is 8.95. The Morgan fingerprint density at radius 3 is 2.47 bits per heavy atom. The maximum atomic E-state index is 13.4. The number of ether oxygens (including phenoxy) is 2. The Morgan fingerprint density at radius 1 is 1.25 bits per heavy atom. The molecule has 3 rings (SSSR count). The van der Waals surface area contributed by atoms with E-state index in [4.69, 9.17) is 15.2 Å². The van der Waals surface area contributed by atoms with E-state index in [1.165, 1.54) is 4.68 Å². The first-order valence-corrected chi connectivity index (χ1v) is 10.7. The molecule has 1 aliphatic carbocycles. The highest BCUT2D eigenvalue weighted by molar-refractivity contribution is 5.93. The van der Waals surface area contributed by atoms with Gasteiger partial charge in [-0.2, -0.15) is 5.10 Å². The largest absolute Gasteiger partial charge is 0.463 e. The van der Waals surface area contributed by atoms with Crippen molar-refractivity contribution in [3.63, 3.8) is 0 Å². The van der Waals surface area contributed by atoms with E-state index < -0.39 is 23.2 Å². The number of benzene rings is 1. The van der Waals surface area contributed by atoms with Gasteiger partial charge in [0, 0.05) is 5.92 Å². The van der Waals surface area contributed by atoms with E-state index in [0.717, 1.165) is 12.8 Å². The predicted octanol–water partition coefficient (Wildman–Crippen LogP) is 3.46. The number of carbonyl (C=O) groups excluding carboxylic acids is 2. The van der Waals surface area contributed by atoms with Gasteiger partial charge in [-0.3, -0.25) is 5.32 Å². The van der Waals surface area contributed by atoms with Crippen LogP contribution in [0.4, 0.5) is 10.6 Å². The van der Waals surface area contributed by atoms with Crippen LogP contribution in [0.3, 0.4) is 0 Å². The minimum Gasteiger partial charge on any atom is -0.463 e. The summed E-state index contributed by atoms with van der Waals surface area (Å²) in [6, 6.07) is 9.28. The molecule has 8 nitrogen and oxygen atoms in total. The number of hydrogen-bond donors (Lipinski definition) is 2. The summed E-state index contributed by atoms with van der Waals surface area (Å²) >= 11 is 0. The fourth-order valence-corrected chi connectivity index (χ4v) is 3.27. The van der Waals surface area contributed by atoms with Crippen molar-refractivity contribution in [2.45, 2.75) is 58.6 Å². The third-order valence-electron chi connectivity index (χ3n) is 4.78. The topological polar surface area (TPSA) is 108 Å². The normalized spacial score (nSPS) is 15.2. The quantitative estimate of drug-likeness (QED) is 0.547. The van der Waals surface area contributed by atoms with Crippen molar-refractivity contribution in [2.24, 2.45) is 5.92 Å². The molecule has 1 aromatic carbocycles. The summed E-state index contributed by atoms with van der Waals surface area (Å²) in [7, 11) is 0. The molecule has 1 aromatic heterocycles. The maximum absolute atomic E-state index is 13.4. The monoisotopic (exact) mass is 438 g/mol. The van der Waals surface area contributed by atoms with Crippen molar-refractivity contribution in [1.29, 1.82) is 0 Å². The summed E-state index contributed by atoms with van der Waals surface area (Å²) in [5.74, 6) is 5.69. The number of aromatic nitrogens is 2. The van der Waals surface area contributed by atoms with Crippen molar-refractivity contribution in [2.75, 3.05) is 12.3 Å². The fraction of sp³-hybridized carbons (Fsp3) is 0.458. The number of nitrogens with two attached hydrogens (primary N) is 1. The number of carbonyl (C=O) groups is 2. The zero-order chi connectivity index (χ0) is 23.5. The molecule has 0 unspecified atom stereocenters. The lowest BCUT2D eigenvalue weighted by atomic mass is 9.89. The van der Waals surface area contributed by atoms with Crippen LogP contribution < -0.4 is 11.1 Å². The number of rotatable bonds is 5. The van der Waals surface area contributed by atoms with Gasteiger partial charge in [-0.15, -0.1) is 0 Å².